The van der Waals surface area contributed by atoms with Crippen LogP contribution in [0, 0.1) is 12.3 Å². The minimum Gasteiger partial charge on any atom is -0.337 e. The second-order valence-electron chi connectivity index (χ2n) is 11.4. The van der Waals surface area contributed by atoms with Gasteiger partial charge >= 0.3 is 0 Å². The summed E-state index contributed by atoms with van der Waals surface area (Å²) in [7, 11) is 0. The Morgan fingerprint density at radius 1 is 1.07 bits per heavy atom. The van der Waals surface area contributed by atoms with Crippen LogP contribution in [-0.4, -0.2) is 40.6 Å². The van der Waals surface area contributed by atoms with Crippen LogP contribution in [0.25, 0.3) is 50.4 Å². The zero-order chi connectivity index (χ0) is 28.0. The summed E-state index contributed by atoms with van der Waals surface area (Å²) in [4.78, 5) is 30.0. The van der Waals surface area contributed by atoms with Crippen LogP contribution >= 0.6 is 0 Å². The molecule has 40 heavy (non-hydrogen) atoms. The van der Waals surface area contributed by atoms with Crippen molar-refractivity contribution in [3.63, 3.8) is 0 Å². The molecule has 0 aliphatic heterocycles. The Kier molecular flexibility index (Phi) is 6.21. The van der Waals surface area contributed by atoms with Crippen molar-refractivity contribution in [1.29, 1.82) is 0 Å². The zero-order valence-corrected chi connectivity index (χ0v) is 23.3. The molecule has 0 saturated heterocycles. The van der Waals surface area contributed by atoms with Gasteiger partial charge < -0.3 is 14.9 Å². The molecule has 9 nitrogen and oxygen atoms in total. The number of aromatic nitrogens is 7. The molecule has 4 aromatic heterocycles. The predicted molar refractivity (Wildman–Crippen MR) is 158 cm³/mol. The topological polar surface area (TPSA) is 117 Å². The summed E-state index contributed by atoms with van der Waals surface area (Å²) in [5, 5.41) is 11.5. The summed E-state index contributed by atoms with van der Waals surface area (Å²) in [6.07, 6.45) is 6.89. The van der Waals surface area contributed by atoms with Gasteiger partial charge in [0.2, 0.25) is 5.91 Å². The molecule has 3 N–H and O–H groups in total. The Morgan fingerprint density at radius 2 is 1.93 bits per heavy atom. The first-order valence-electron chi connectivity index (χ1n) is 13.5. The van der Waals surface area contributed by atoms with Gasteiger partial charge in [-0.25, -0.2) is 15.0 Å². The van der Waals surface area contributed by atoms with E-state index in [4.69, 9.17) is 4.98 Å². The maximum atomic E-state index is 12.7. The fraction of sp³-hybridized carbons (Fsp3) is 0.258. The maximum absolute atomic E-state index is 12.7. The van der Waals surface area contributed by atoms with E-state index in [-0.39, 0.29) is 11.3 Å². The number of hydrogen-bond donors (Lipinski definition) is 3. The number of carbonyl (C=O) groups excluding carboxylic acids is 1. The van der Waals surface area contributed by atoms with Gasteiger partial charge in [0, 0.05) is 30.1 Å². The van der Waals surface area contributed by atoms with Gasteiger partial charge in [0.1, 0.15) is 11.2 Å². The largest absolute Gasteiger partial charge is 0.337 e. The van der Waals surface area contributed by atoms with Crippen molar-refractivity contribution in [1.82, 2.24) is 34.7 Å². The highest BCUT2D eigenvalue weighted by Crippen LogP contribution is 2.32. The molecule has 0 saturated carbocycles. The summed E-state index contributed by atoms with van der Waals surface area (Å²) in [5.74, 6) is 0.686. The van der Waals surface area contributed by atoms with Gasteiger partial charge in [-0.15, -0.1) is 0 Å². The lowest BCUT2D eigenvalue weighted by molar-refractivity contribution is -0.117. The van der Waals surface area contributed by atoms with Gasteiger partial charge in [-0.3, -0.25) is 9.89 Å². The first kappa shape index (κ1) is 25.5. The highest BCUT2D eigenvalue weighted by molar-refractivity contribution is 5.96. The number of carbonyl (C=O) groups is 1. The third-order valence-electron chi connectivity index (χ3n) is 6.84. The summed E-state index contributed by atoms with van der Waals surface area (Å²) < 4.78 is 1.98. The molecule has 0 spiro atoms. The quantitative estimate of drug-likeness (QED) is 0.223. The Hall–Kier alpha value is -4.79. The minimum absolute atomic E-state index is 0.00695. The molecule has 0 bridgehead atoms. The number of rotatable bonds is 6. The van der Waals surface area contributed by atoms with Crippen molar-refractivity contribution in [3.8, 4) is 28.3 Å². The van der Waals surface area contributed by atoms with Crippen LogP contribution in [0.15, 0.2) is 61.2 Å². The summed E-state index contributed by atoms with van der Waals surface area (Å²) in [6, 6.07) is 14.3. The van der Waals surface area contributed by atoms with E-state index in [2.05, 4.69) is 70.3 Å². The Balaban J connectivity index is 1.39. The van der Waals surface area contributed by atoms with Crippen molar-refractivity contribution in [2.24, 2.45) is 5.41 Å². The normalized spacial score (nSPS) is 11.9. The van der Waals surface area contributed by atoms with Crippen LogP contribution in [-0.2, 0) is 11.2 Å². The van der Waals surface area contributed by atoms with E-state index < -0.39 is 0 Å². The van der Waals surface area contributed by atoms with E-state index in [1.165, 1.54) is 0 Å². The van der Waals surface area contributed by atoms with Crippen LogP contribution in [0.3, 0.4) is 0 Å². The van der Waals surface area contributed by atoms with Crippen LogP contribution in [0.4, 0.5) is 5.69 Å². The molecule has 0 atom stereocenters. The second-order valence-corrected chi connectivity index (χ2v) is 11.4. The van der Waals surface area contributed by atoms with Crippen molar-refractivity contribution in [2.45, 2.75) is 47.5 Å². The number of pyridine rings is 1. The third kappa shape index (κ3) is 4.98. The number of nitrogens with zero attached hydrogens (tertiary/aromatic N) is 5. The summed E-state index contributed by atoms with van der Waals surface area (Å²) in [6.45, 7) is 10.3. The number of hydrogen-bond acceptors (Lipinski definition) is 5. The molecular formula is C31H32N8O. The van der Waals surface area contributed by atoms with E-state index in [0.29, 0.717) is 17.9 Å². The Bertz CT molecular complexity index is 1870. The Labute approximate surface area is 232 Å². The van der Waals surface area contributed by atoms with E-state index >= 15 is 0 Å². The molecule has 6 rings (SSSR count). The number of anilines is 1. The molecular weight excluding hydrogens is 500 g/mol. The number of aromatic amines is 2. The zero-order valence-electron chi connectivity index (χ0n) is 23.3. The number of nitrogens with one attached hydrogen (secondary N) is 3. The maximum Gasteiger partial charge on any atom is 0.224 e. The van der Waals surface area contributed by atoms with Gasteiger partial charge in [-0.2, -0.15) is 5.10 Å². The average molecular weight is 533 g/mol. The summed E-state index contributed by atoms with van der Waals surface area (Å²) in [5.41, 5.74) is 8.76. The van der Waals surface area contributed by atoms with Crippen molar-refractivity contribution in [2.75, 3.05) is 5.32 Å². The predicted octanol–water partition coefficient (Wildman–Crippen LogP) is 6.60. The second kappa shape index (κ2) is 9.75. The molecule has 0 radical (unpaired) electrons. The molecule has 202 valence electrons. The number of aryl methyl sites for hydroxylation is 2. The number of amides is 1. The molecule has 1 amide bonds. The van der Waals surface area contributed by atoms with Gasteiger partial charge in [-0.05, 0) is 60.2 Å². The SMILES string of the molecule is CCc1cc(NC(=O)CC(C)(C)C)cc(-c2cnc3n[nH]c(-c4nc5c(-n6cnc(C)c6)cccc5[nH]4)c3c2)c1. The molecule has 0 fully saturated rings. The smallest absolute Gasteiger partial charge is 0.224 e. The third-order valence-corrected chi connectivity index (χ3v) is 6.84. The lowest BCUT2D eigenvalue weighted by Gasteiger charge is -2.18. The van der Waals surface area contributed by atoms with E-state index in [1.807, 2.05) is 54.2 Å². The molecule has 0 aliphatic carbocycles. The molecule has 6 aromatic rings. The lowest BCUT2D eigenvalue weighted by Crippen LogP contribution is -2.19. The Morgan fingerprint density at radius 3 is 2.67 bits per heavy atom. The first-order chi connectivity index (χ1) is 19.2. The minimum atomic E-state index is -0.0863. The first-order valence-corrected chi connectivity index (χ1v) is 13.5. The molecule has 2 aromatic carbocycles. The highest BCUT2D eigenvalue weighted by Gasteiger charge is 2.18. The number of benzene rings is 2. The average Bonchev–Trinajstić information content (AvgIpc) is 3.64. The number of para-hydroxylation sites is 1. The van der Waals surface area contributed by atoms with Crippen LogP contribution in [0.1, 0.15) is 45.4 Å². The van der Waals surface area contributed by atoms with Crippen molar-refractivity contribution >= 4 is 33.7 Å². The summed E-state index contributed by atoms with van der Waals surface area (Å²) >= 11 is 0. The van der Waals surface area contributed by atoms with Crippen LogP contribution in [0.2, 0.25) is 0 Å². The van der Waals surface area contributed by atoms with E-state index in [0.717, 1.165) is 62.3 Å². The molecule has 4 heterocycles. The molecule has 9 heteroatoms. The standard InChI is InChI=1S/C31H32N8O/c1-6-19-10-20(12-22(11-19)34-26(40)14-31(3,4)5)21-13-23-27(37-38-29(23)32-15-21)30-35-24-8-7-9-25(28(24)36-30)39-16-18(2)33-17-39/h7-13,15-17H,6,14H2,1-5H3,(H,34,40)(H,35,36)(H,32,37,38). The number of H-pyrrole nitrogens is 2. The lowest BCUT2D eigenvalue weighted by atomic mass is 9.92. The van der Waals surface area contributed by atoms with E-state index in [1.54, 1.807) is 6.33 Å². The fourth-order valence-electron chi connectivity index (χ4n) is 4.96. The highest BCUT2D eigenvalue weighted by atomic mass is 16.1. The van der Waals surface area contributed by atoms with Crippen molar-refractivity contribution < 1.29 is 4.79 Å². The van der Waals surface area contributed by atoms with E-state index in [9.17, 15) is 4.79 Å². The number of imidazole rings is 2. The van der Waals surface area contributed by atoms with Crippen molar-refractivity contribution in [3.05, 3.63) is 72.4 Å². The van der Waals surface area contributed by atoms with Gasteiger partial charge in [0.25, 0.3) is 0 Å². The fourth-order valence-corrected chi connectivity index (χ4v) is 4.96. The van der Waals surface area contributed by atoms with Gasteiger partial charge in [0.05, 0.1) is 28.6 Å². The number of fused-ring (bicyclic) bond motifs is 2. The molecule has 0 unspecified atom stereocenters. The van der Waals surface area contributed by atoms with Gasteiger partial charge in [-0.1, -0.05) is 39.8 Å². The van der Waals surface area contributed by atoms with Crippen LogP contribution in [0.5, 0.6) is 0 Å². The molecule has 0 aliphatic rings. The van der Waals surface area contributed by atoms with Crippen LogP contribution < -0.4 is 5.32 Å². The van der Waals surface area contributed by atoms with Gasteiger partial charge in [0.15, 0.2) is 11.5 Å². The monoisotopic (exact) mass is 532 g/mol.